The van der Waals surface area contributed by atoms with E-state index in [-0.39, 0.29) is 12.2 Å². The monoisotopic (exact) mass is 286 g/mol. The van der Waals surface area contributed by atoms with Gasteiger partial charge in [0.05, 0.1) is 0 Å². The normalized spacial score (nSPS) is 17.4. The van der Waals surface area contributed by atoms with Crippen molar-refractivity contribution >= 4 is 11.9 Å². The van der Waals surface area contributed by atoms with Gasteiger partial charge in [-0.15, -0.1) is 0 Å². The Morgan fingerprint density at radius 3 is 2.67 bits per heavy atom. The van der Waals surface area contributed by atoms with Gasteiger partial charge in [0.2, 0.25) is 0 Å². The van der Waals surface area contributed by atoms with Gasteiger partial charge < -0.3 is 14.5 Å². The van der Waals surface area contributed by atoms with Crippen molar-refractivity contribution in [3.8, 4) is 0 Å². The van der Waals surface area contributed by atoms with Gasteiger partial charge in [-0.2, -0.15) is 0 Å². The third kappa shape index (κ3) is 2.40. The van der Waals surface area contributed by atoms with E-state index in [2.05, 4.69) is 5.16 Å². The predicted octanol–water partition coefficient (Wildman–Crippen LogP) is 1.63. The fraction of sp³-hybridized carbons (Fsp3) is 0.267. The van der Waals surface area contributed by atoms with E-state index < -0.39 is 17.9 Å². The van der Waals surface area contributed by atoms with Crippen LogP contribution in [0.4, 0.5) is 0 Å². The van der Waals surface area contributed by atoms with Gasteiger partial charge in [-0.1, -0.05) is 29.4 Å². The minimum Gasteiger partial charge on any atom is -0.480 e. The number of aryl methyl sites for hydroxylation is 1. The van der Waals surface area contributed by atoms with E-state index in [0.29, 0.717) is 12.2 Å². The van der Waals surface area contributed by atoms with Gasteiger partial charge in [-0.3, -0.25) is 4.79 Å². The van der Waals surface area contributed by atoms with Crippen molar-refractivity contribution < 1.29 is 19.2 Å². The van der Waals surface area contributed by atoms with Crippen LogP contribution in [0.5, 0.6) is 0 Å². The van der Waals surface area contributed by atoms with Crippen LogP contribution in [0.3, 0.4) is 0 Å². The molecule has 1 aromatic heterocycles. The molecule has 0 spiro atoms. The van der Waals surface area contributed by atoms with Crippen LogP contribution in [0.1, 0.15) is 27.4 Å². The van der Waals surface area contributed by atoms with Crippen molar-refractivity contribution in [3.05, 3.63) is 52.9 Å². The van der Waals surface area contributed by atoms with Gasteiger partial charge in [0, 0.05) is 19.0 Å². The molecule has 108 valence electrons. The Morgan fingerprint density at radius 1 is 1.33 bits per heavy atom. The summed E-state index contributed by atoms with van der Waals surface area (Å²) in [4.78, 5) is 25.3. The van der Waals surface area contributed by atoms with Gasteiger partial charge in [0.15, 0.2) is 5.69 Å². The molecule has 1 aromatic carbocycles. The fourth-order valence-corrected chi connectivity index (χ4v) is 2.57. The van der Waals surface area contributed by atoms with Crippen LogP contribution in [0, 0.1) is 6.92 Å². The molecule has 1 aliphatic heterocycles. The van der Waals surface area contributed by atoms with Crippen LogP contribution in [0.2, 0.25) is 0 Å². The molecule has 3 rings (SSSR count). The Kier molecular flexibility index (Phi) is 3.21. The number of carbonyl (C=O) groups is 2. The molecule has 0 aliphatic carbocycles. The second-order valence-corrected chi connectivity index (χ2v) is 5.08. The van der Waals surface area contributed by atoms with Crippen molar-refractivity contribution in [2.45, 2.75) is 25.9 Å². The number of fused-ring (bicyclic) bond motifs is 1. The number of carboxylic acids is 1. The Hall–Kier alpha value is -2.63. The van der Waals surface area contributed by atoms with Gasteiger partial charge >= 0.3 is 5.97 Å². The summed E-state index contributed by atoms with van der Waals surface area (Å²) in [7, 11) is 0. The lowest BCUT2D eigenvalue weighted by molar-refractivity contribution is -0.142. The molecule has 0 fully saturated rings. The zero-order valence-electron chi connectivity index (χ0n) is 11.4. The van der Waals surface area contributed by atoms with Crippen molar-refractivity contribution in [2.75, 3.05) is 0 Å². The van der Waals surface area contributed by atoms with Crippen molar-refractivity contribution in [1.82, 2.24) is 10.1 Å². The molecule has 6 nitrogen and oxygen atoms in total. The standard InChI is InChI=1S/C15H14N2O4/c1-9-6-12(16-21-9)14(18)17-8-11-5-3-2-4-10(11)7-13(17)15(19)20/h2-6,13H,7-8H2,1H3,(H,19,20). The van der Waals surface area contributed by atoms with Crippen LogP contribution in [-0.4, -0.2) is 33.1 Å². The third-order valence-electron chi connectivity index (χ3n) is 3.64. The summed E-state index contributed by atoms with van der Waals surface area (Å²) < 4.78 is 4.90. The number of amides is 1. The first kappa shape index (κ1) is 13.4. The number of nitrogens with zero attached hydrogens (tertiary/aromatic N) is 2. The second kappa shape index (κ2) is 5.05. The number of carboxylic acid groups (broad SMARTS) is 1. The summed E-state index contributed by atoms with van der Waals surface area (Å²) in [6, 6.07) is 8.18. The number of rotatable bonds is 2. The molecule has 0 radical (unpaired) electrons. The van der Waals surface area contributed by atoms with Crippen LogP contribution >= 0.6 is 0 Å². The van der Waals surface area contributed by atoms with E-state index in [4.69, 9.17) is 4.52 Å². The van der Waals surface area contributed by atoms with Crippen molar-refractivity contribution in [3.63, 3.8) is 0 Å². The van der Waals surface area contributed by atoms with Crippen molar-refractivity contribution in [2.24, 2.45) is 0 Å². The summed E-state index contributed by atoms with van der Waals surface area (Å²) in [5.74, 6) is -0.922. The van der Waals surface area contributed by atoms with Crippen LogP contribution in [0.25, 0.3) is 0 Å². The topological polar surface area (TPSA) is 83.6 Å². The highest BCUT2D eigenvalue weighted by Gasteiger charge is 2.35. The summed E-state index contributed by atoms with van der Waals surface area (Å²) in [5.41, 5.74) is 2.06. The molecule has 1 unspecified atom stereocenters. The molecular formula is C15H14N2O4. The maximum absolute atomic E-state index is 12.5. The average molecular weight is 286 g/mol. The summed E-state index contributed by atoms with van der Waals surface area (Å²) in [5, 5.41) is 13.1. The lowest BCUT2D eigenvalue weighted by Crippen LogP contribution is -2.48. The molecule has 1 amide bonds. The van der Waals surface area contributed by atoms with Gasteiger partial charge in [0.1, 0.15) is 11.8 Å². The first-order valence-electron chi connectivity index (χ1n) is 6.60. The third-order valence-corrected chi connectivity index (χ3v) is 3.64. The molecule has 1 atom stereocenters. The van der Waals surface area contributed by atoms with E-state index in [1.807, 2.05) is 24.3 Å². The van der Waals surface area contributed by atoms with Gasteiger partial charge in [-0.05, 0) is 18.1 Å². The van der Waals surface area contributed by atoms with E-state index in [0.717, 1.165) is 11.1 Å². The molecule has 0 bridgehead atoms. The second-order valence-electron chi connectivity index (χ2n) is 5.08. The number of carbonyl (C=O) groups excluding carboxylic acids is 1. The number of aromatic nitrogens is 1. The van der Waals surface area contributed by atoms with Crippen LogP contribution < -0.4 is 0 Å². The highest BCUT2D eigenvalue weighted by Crippen LogP contribution is 2.25. The molecule has 6 heteroatoms. The minimum absolute atomic E-state index is 0.137. The zero-order chi connectivity index (χ0) is 15.0. The first-order chi connectivity index (χ1) is 10.1. The van der Waals surface area contributed by atoms with E-state index in [1.165, 1.54) is 11.0 Å². The molecule has 2 heterocycles. The first-order valence-corrected chi connectivity index (χ1v) is 6.60. The summed E-state index contributed by atoms with van der Waals surface area (Å²) >= 11 is 0. The SMILES string of the molecule is Cc1cc(C(=O)N2Cc3ccccc3CC2C(=O)O)no1. The molecule has 1 N–H and O–H groups in total. The Labute approximate surface area is 121 Å². The lowest BCUT2D eigenvalue weighted by atomic mass is 9.93. The number of hydrogen-bond acceptors (Lipinski definition) is 4. The highest BCUT2D eigenvalue weighted by molar-refractivity contribution is 5.95. The van der Waals surface area contributed by atoms with E-state index >= 15 is 0 Å². The van der Waals surface area contributed by atoms with Gasteiger partial charge in [-0.25, -0.2) is 4.79 Å². The highest BCUT2D eigenvalue weighted by atomic mass is 16.5. The fourth-order valence-electron chi connectivity index (χ4n) is 2.57. The van der Waals surface area contributed by atoms with Crippen LogP contribution in [-0.2, 0) is 17.8 Å². The van der Waals surface area contributed by atoms with Crippen LogP contribution in [0.15, 0.2) is 34.9 Å². The molecule has 21 heavy (non-hydrogen) atoms. The number of benzene rings is 1. The molecular weight excluding hydrogens is 272 g/mol. The number of hydrogen-bond donors (Lipinski definition) is 1. The van der Waals surface area contributed by atoms with Crippen molar-refractivity contribution in [1.29, 1.82) is 0 Å². The number of aliphatic carboxylic acids is 1. The van der Waals surface area contributed by atoms with E-state index in [1.54, 1.807) is 6.92 Å². The largest absolute Gasteiger partial charge is 0.480 e. The molecule has 1 aliphatic rings. The quantitative estimate of drug-likeness (QED) is 0.907. The average Bonchev–Trinajstić information content (AvgIpc) is 2.91. The Morgan fingerprint density at radius 2 is 2.05 bits per heavy atom. The predicted molar refractivity (Wildman–Crippen MR) is 72.7 cm³/mol. The zero-order valence-corrected chi connectivity index (χ0v) is 11.4. The Bertz CT molecular complexity index is 707. The lowest BCUT2D eigenvalue weighted by Gasteiger charge is -2.33. The van der Waals surface area contributed by atoms with E-state index in [9.17, 15) is 14.7 Å². The summed E-state index contributed by atoms with van der Waals surface area (Å²) in [6.45, 7) is 1.95. The molecule has 2 aromatic rings. The maximum Gasteiger partial charge on any atom is 0.326 e. The molecule has 0 saturated heterocycles. The molecule has 0 saturated carbocycles. The summed E-state index contributed by atoms with van der Waals surface area (Å²) in [6.07, 6.45) is 0.300. The Balaban J connectivity index is 1.96. The minimum atomic E-state index is -1.02. The smallest absolute Gasteiger partial charge is 0.326 e. The maximum atomic E-state index is 12.5. The van der Waals surface area contributed by atoms with Gasteiger partial charge in [0.25, 0.3) is 5.91 Å².